The van der Waals surface area contributed by atoms with Crippen molar-refractivity contribution < 1.29 is 13.2 Å². The number of aryl methyl sites for hydroxylation is 1. The number of methoxy groups -OCH3 is 1. The molecule has 0 aliphatic heterocycles. The van der Waals surface area contributed by atoms with E-state index in [9.17, 15) is 8.42 Å². The summed E-state index contributed by atoms with van der Waals surface area (Å²) in [5.41, 5.74) is 0.747. The van der Waals surface area contributed by atoms with E-state index in [-0.39, 0.29) is 0 Å². The van der Waals surface area contributed by atoms with Crippen molar-refractivity contribution in [3.8, 4) is 5.75 Å². The van der Waals surface area contributed by atoms with Gasteiger partial charge in [0.25, 0.3) is 0 Å². The Morgan fingerprint density at radius 2 is 2.06 bits per heavy atom. The summed E-state index contributed by atoms with van der Waals surface area (Å²) in [7, 11) is 0.101. The van der Waals surface area contributed by atoms with E-state index in [1.54, 1.807) is 32.4 Å². The molecular formula is C13H19NO3S. The fourth-order valence-corrected chi connectivity index (χ4v) is 4.46. The molecule has 1 N–H and O–H groups in total. The van der Waals surface area contributed by atoms with Crippen LogP contribution in [0.1, 0.15) is 18.4 Å². The van der Waals surface area contributed by atoms with E-state index in [2.05, 4.69) is 5.32 Å². The highest BCUT2D eigenvalue weighted by Crippen LogP contribution is 2.47. The molecule has 0 bridgehead atoms. The number of sulfone groups is 1. The van der Waals surface area contributed by atoms with Crippen LogP contribution in [0.2, 0.25) is 0 Å². The third kappa shape index (κ3) is 2.01. The van der Waals surface area contributed by atoms with Gasteiger partial charge < -0.3 is 10.1 Å². The molecule has 0 aromatic heterocycles. The molecule has 18 heavy (non-hydrogen) atoms. The summed E-state index contributed by atoms with van der Waals surface area (Å²) in [5.74, 6) is 0.685. The maximum Gasteiger partial charge on any atom is 0.185 e. The first-order valence-electron chi connectivity index (χ1n) is 6.01. The van der Waals surface area contributed by atoms with Crippen molar-refractivity contribution in [3.05, 3.63) is 23.8 Å². The van der Waals surface area contributed by atoms with Gasteiger partial charge in [0.05, 0.1) is 16.8 Å². The molecule has 4 nitrogen and oxygen atoms in total. The first kappa shape index (κ1) is 13.4. The summed E-state index contributed by atoms with van der Waals surface area (Å²) >= 11 is 0. The summed E-state index contributed by atoms with van der Waals surface area (Å²) in [5, 5.41) is 2.98. The Bertz CT molecular complexity index is 547. The maximum atomic E-state index is 12.6. The fraction of sp³-hybridized carbons (Fsp3) is 0.538. The summed E-state index contributed by atoms with van der Waals surface area (Å²) in [6, 6.07) is 5.12. The molecular weight excluding hydrogens is 250 g/mol. The molecule has 100 valence electrons. The van der Waals surface area contributed by atoms with Crippen LogP contribution in [-0.2, 0) is 9.84 Å². The highest BCUT2D eigenvalue weighted by molar-refractivity contribution is 7.93. The Morgan fingerprint density at radius 1 is 1.39 bits per heavy atom. The van der Waals surface area contributed by atoms with Crippen molar-refractivity contribution in [1.82, 2.24) is 5.32 Å². The topological polar surface area (TPSA) is 55.4 Å². The van der Waals surface area contributed by atoms with Crippen molar-refractivity contribution in [2.75, 3.05) is 20.7 Å². The Hall–Kier alpha value is -1.07. The first-order chi connectivity index (χ1) is 8.47. The van der Waals surface area contributed by atoms with Crippen LogP contribution in [0.15, 0.2) is 23.1 Å². The molecule has 1 saturated carbocycles. The average Bonchev–Trinajstić information content (AvgIpc) is 3.10. The van der Waals surface area contributed by atoms with Crippen molar-refractivity contribution in [2.24, 2.45) is 0 Å². The summed E-state index contributed by atoms with van der Waals surface area (Å²) in [6.07, 6.45) is 1.48. The average molecular weight is 269 g/mol. The van der Waals surface area contributed by atoms with Gasteiger partial charge in [-0.2, -0.15) is 0 Å². The monoisotopic (exact) mass is 269 g/mol. The van der Waals surface area contributed by atoms with Gasteiger partial charge in [-0.3, -0.25) is 0 Å². The quantitative estimate of drug-likeness (QED) is 0.880. The number of rotatable bonds is 5. The molecule has 0 heterocycles. The van der Waals surface area contributed by atoms with Crippen molar-refractivity contribution in [1.29, 1.82) is 0 Å². The lowest BCUT2D eigenvalue weighted by atomic mass is 10.2. The van der Waals surface area contributed by atoms with Crippen LogP contribution in [0, 0.1) is 6.92 Å². The van der Waals surface area contributed by atoms with E-state index in [1.165, 1.54) is 0 Å². The van der Waals surface area contributed by atoms with E-state index >= 15 is 0 Å². The van der Waals surface area contributed by atoms with Crippen LogP contribution < -0.4 is 10.1 Å². The SMILES string of the molecule is CNCC1(S(=O)(=O)c2ccc(OC)cc2C)CC1. The third-order valence-corrected chi connectivity index (χ3v) is 6.28. The van der Waals surface area contributed by atoms with Crippen LogP contribution in [0.5, 0.6) is 5.75 Å². The minimum Gasteiger partial charge on any atom is -0.497 e. The molecule has 1 aliphatic carbocycles. The number of nitrogens with one attached hydrogen (secondary N) is 1. The highest BCUT2D eigenvalue weighted by Gasteiger charge is 2.54. The molecule has 2 rings (SSSR count). The fourth-order valence-electron chi connectivity index (χ4n) is 2.29. The Labute approximate surface area is 108 Å². The van der Waals surface area contributed by atoms with Crippen LogP contribution in [0.3, 0.4) is 0 Å². The molecule has 1 aliphatic rings. The molecule has 0 saturated heterocycles. The Morgan fingerprint density at radius 3 is 2.50 bits per heavy atom. The summed E-state index contributed by atoms with van der Waals surface area (Å²) in [4.78, 5) is 0.427. The van der Waals surface area contributed by atoms with E-state index < -0.39 is 14.6 Å². The van der Waals surface area contributed by atoms with Gasteiger partial charge in [-0.25, -0.2) is 8.42 Å². The zero-order valence-electron chi connectivity index (χ0n) is 11.0. The zero-order valence-corrected chi connectivity index (χ0v) is 11.8. The van der Waals surface area contributed by atoms with Crippen LogP contribution in [-0.4, -0.2) is 33.9 Å². The third-order valence-electron chi connectivity index (χ3n) is 3.55. The second-order valence-corrected chi connectivity index (χ2v) is 7.16. The lowest BCUT2D eigenvalue weighted by molar-refractivity contribution is 0.414. The second-order valence-electron chi connectivity index (χ2n) is 4.85. The lowest BCUT2D eigenvalue weighted by Gasteiger charge is -2.17. The molecule has 0 atom stereocenters. The largest absolute Gasteiger partial charge is 0.497 e. The van der Waals surface area contributed by atoms with E-state index in [0.717, 1.165) is 18.4 Å². The first-order valence-corrected chi connectivity index (χ1v) is 7.49. The summed E-state index contributed by atoms with van der Waals surface area (Å²) in [6.45, 7) is 2.33. The van der Waals surface area contributed by atoms with Gasteiger partial charge in [0, 0.05) is 6.54 Å². The standard InChI is InChI=1S/C13H19NO3S/c1-10-8-11(17-3)4-5-12(10)18(15,16)13(6-7-13)9-14-2/h4-5,8,14H,6-7,9H2,1-3H3. The number of hydrogen-bond donors (Lipinski definition) is 1. The van der Waals surface area contributed by atoms with Gasteiger partial charge in [0.15, 0.2) is 9.84 Å². The molecule has 0 spiro atoms. The van der Waals surface area contributed by atoms with E-state index in [1.807, 2.05) is 6.92 Å². The van der Waals surface area contributed by atoms with Crippen molar-refractivity contribution >= 4 is 9.84 Å². The zero-order chi connectivity index (χ0) is 13.4. The second kappa shape index (κ2) is 4.55. The minimum absolute atomic E-state index is 0.427. The minimum atomic E-state index is -3.26. The number of ether oxygens (including phenoxy) is 1. The molecule has 1 aromatic rings. The van der Waals surface area contributed by atoms with Crippen molar-refractivity contribution in [3.63, 3.8) is 0 Å². The molecule has 0 amide bonds. The van der Waals surface area contributed by atoms with Crippen molar-refractivity contribution in [2.45, 2.75) is 29.4 Å². The highest BCUT2D eigenvalue weighted by atomic mass is 32.2. The normalized spacial score (nSPS) is 17.5. The Kier molecular flexibility index (Phi) is 3.38. The summed E-state index contributed by atoms with van der Waals surface area (Å²) < 4.78 is 29.8. The molecule has 1 aromatic carbocycles. The molecule has 0 radical (unpaired) electrons. The predicted octanol–water partition coefficient (Wildman–Crippen LogP) is 1.53. The van der Waals surface area contributed by atoms with Gasteiger partial charge in [0.1, 0.15) is 5.75 Å². The van der Waals surface area contributed by atoms with Gasteiger partial charge in [-0.15, -0.1) is 0 Å². The molecule has 1 fully saturated rings. The smallest absolute Gasteiger partial charge is 0.185 e. The van der Waals surface area contributed by atoms with Gasteiger partial charge in [-0.1, -0.05) is 0 Å². The molecule has 5 heteroatoms. The lowest BCUT2D eigenvalue weighted by Crippen LogP contribution is -2.34. The molecule has 0 unspecified atom stereocenters. The predicted molar refractivity (Wildman–Crippen MR) is 70.8 cm³/mol. The van der Waals surface area contributed by atoms with Crippen LogP contribution in [0.25, 0.3) is 0 Å². The van der Waals surface area contributed by atoms with E-state index in [4.69, 9.17) is 4.74 Å². The number of hydrogen-bond acceptors (Lipinski definition) is 4. The van der Waals surface area contributed by atoms with Gasteiger partial charge in [-0.05, 0) is 50.6 Å². The Balaban J connectivity index is 2.42. The maximum absolute atomic E-state index is 12.6. The van der Waals surface area contributed by atoms with Gasteiger partial charge in [0.2, 0.25) is 0 Å². The van der Waals surface area contributed by atoms with Crippen LogP contribution in [0.4, 0.5) is 0 Å². The van der Waals surface area contributed by atoms with Crippen LogP contribution >= 0.6 is 0 Å². The van der Waals surface area contributed by atoms with E-state index in [0.29, 0.717) is 17.2 Å². The number of benzene rings is 1. The van der Waals surface area contributed by atoms with Gasteiger partial charge >= 0.3 is 0 Å².